The van der Waals surface area contributed by atoms with Crippen molar-refractivity contribution in [2.24, 2.45) is 0 Å². The van der Waals surface area contributed by atoms with Gasteiger partial charge in [-0.05, 0) is 37.3 Å². The van der Waals surface area contributed by atoms with Crippen molar-refractivity contribution in [1.29, 1.82) is 0 Å². The van der Waals surface area contributed by atoms with Crippen molar-refractivity contribution < 1.29 is 9.13 Å². The van der Waals surface area contributed by atoms with E-state index in [2.05, 4.69) is 5.32 Å². The van der Waals surface area contributed by atoms with Crippen molar-refractivity contribution in [3.8, 4) is 5.75 Å². The molecule has 106 valence electrons. The van der Waals surface area contributed by atoms with E-state index >= 15 is 0 Å². The van der Waals surface area contributed by atoms with Crippen LogP contribution >= 0.6 is 0 Å². The molecule has 0 saturated heterocycles. The molecule has 3 rings (SSSR count). The lowest BCUT2D eigenvalue weighted by atomic mass is 10.0. The molecule has 4 heteroatoms. The number of rotatable bonds is 2. The van der Waals surface area contributed by atoms with Crippen LogP contribution in [0.2, 0.25) is 0 Å². The van der Waals surface area contributed by atoms with Crippen LogP contribution in [0.3, 0.4) is 0 Å². The highest BCUT2D eigenvalue weighted by molar-refractivity contribution is 5.96. The van der Waals surface area contributed by atoms with E-state index in [1.165, 1.54) is 24.5 Å². The van der Waals surface area contributed by atoms with Gasteiger partial charge in [0, 0.05) is 29.9 Å². The Bertz CT molecular complexity index is 655. The normalized spacial score (nSPS) is 14.8. The van der Waals surface area contributed by atoms with Gasteiger partial charge in [-0.1, -0.05) is 6.42 Å². The van der Waals surface area contributed by atoms with Crippen LogP contribution in [-0.4, -0.2) is 19.1 Å². The predicted octanol–water partition coefficient (Wildman–Crippen LogP) is 3.69. The van der Waals surface area contributed by atoms with Gasteiger partial charge < -0.3 is 10.1 Å². The summed E-state index contributed by atoms with van der Waals surface area (Å²) in [6.07, 6.45) is 5.55. The lowest BCUT2D eigenvalue weighted by Crippen LogP contribution is -2.04. The minimum absolute atomic E-state index is 0.291. The van der Waals surface area contributed by atoms with E-state index in [0.29, 0.717) is 5.75 Å². The number of aromatic nitrogens is 1. The number of halogens is 1. The van der Waals surface area contributed by atoms with E-state index in [1.54, 1.807) is 13.2 Å². The third kappa shape index (κ3) is 2.09. The molecule has 1 heterocycles. The van der Waals surface area contributed by atoms with Gasteiger partial charge in [-0.2, -0.15) is 0 Å². The zero-order valence-electron chi connectivity index (χ0n) is 11.9. The number of hydrogen-bond acceptors (Lipinski definition) is 3. The molecule has 0 fully saturated rings. The Morgan fingerprint density at radius 1 is 1.20 bits per heavy atom. The molecule has 1 N–H and O–H groups in total. The number of nitrogens with zero attached hydrogens (tertiary/aromatic N) is 1. The van der Waals surface area contributed by atoms with Gasteiger partial charge in [0.05, 0.1) is 7.11 Å². The summed E-state index contributed by atoms with van der Waals surface area (Å²) in [4.78, 5) is 4.76. The number of nitrogens with one attached hydrogen (secondary N) is 1. The smallest absolute Gasteiger partial charge is 0.148 e. The van der Waals surface area contributed by atoms with Gasteiger partial charge in [-0.15, -0.1) is 0 Å². The van der Waals surface area contributed by atoms with E-state index in [4.69, 9.17) is 9.72 Å². The minimum Gasteiger partial charge on any atom is -0.494 e. The quantitative estimate of drug-likeness (QED) is 0.848. The Hall–Kier alpha value is -1.84. The fourth-order valence-electron chi connectivity index (χ4n) is 3.08. The molecule has 0 unspecified atom stereocenters. The first-order chi connectivity index (χ1) is 9.74. The molecule has 0 saturated carbocycles. The van der Waals surface area contributed by atoms with Gasteiger partial charge in [0.1, 0.15) is 17.1 Å². The fourth-order valence-corrected chi connectivity index (χ4v) is 3.08. The number of benzene rings is 1. The molecule has 0 spiro atoms. The third-order valence-corrected chi connectivity index (χ3v) is 4.02. The molecule has 1 aromatic carbocycles. The predicted molar refractivity (Wildman–Crippen MR) is 79.1 cm³/mol. The van der Waals surface area contributed by atoms with E-state index in [1.807, 2.05) is 7.05 Å². The summed E-state index contributed by atoms with van der Waals surface area (Å²) in [5.41, 5.74) is 4.12. The van der Waals surface area contributed by atoms with Gasteiger partial charge in [-0.25, -0.2) is 9.37 Å². The Labute approximate surface area is 118 Å². The molecule has 0 aliphatic heterocycles. The second kappa shape index (κ2) is 5.27. The average molecular weight is 274 g/mol. The van der Waals surface area contributed by atoms with Crippen LogP contribution < -0.4 is 10.1 Å². The van der Waals surface area contributed by atoms with E-state index in [0.717, 1.165) is 41.5 Å². The molecule has 0 amide bonds. The summed E-state index contributed by atoms with van der Waals surface area (Å²) in [6, 6.07) is 2.94. The molecular weight excluding hydrogens is 255 g/mol. The van der Waals surface area contributed by atoms with Gasteiger partial charge in [-0.3, -0.25) is 0 Å². The van der Waals surface area contributed by atoms with Crippen molar-refractivity contribution in [2.45, 2.75) is 32.1 Å². The summed E-state index contributed by atoms with van der Waals surface area (Å²) < 4.78 is 19.1. The maximum Gasteiger partial charge on any atom is 0.148 e. The van der Waals surface area contributed by atoms with Crippen LogP contribution in [0.1, 0.15) is 30.5 Å². The molecule has 1 aliphatic rings. The highest BCUT2D eigenvalue weighted by Gasteiger charge is 2.19. The minimum atomic E-state index is -0.291. The number of fused-ring (bicyclic) bond motifs is 2. The third-order valence-electron chi connectivity index (χ3n) is 4.02. The monoisotopic (exact) mass is 274 g/mol. The van der Waals surface area contributed by atoms with E-state index < -0.39 is 0 Å². The van der Waals surface area contributed by atoms with Crippen LogP contribution in [0, 0.1) is 5.82 Å². The number of aryl methyl sites for hydroxylation is 1. The summed E-state index contributed by atoms with van der Waals surface area (Å²) in [7, 11) is 3.44. The van der Waals surface area contributed by atoms with Crippen molar-refractivity contribution in [3.63, 3.8) is 0 Å². The van der Waals surface area contributed by atoms with Crippen LogP contribution in [0.5, 0.6) is 5.75 Å². The second-order valence-electron chi connectivity index (χ2n) is 5.23. The maximum absolute atomic E-state index is 13.8. The molecule has 2 aromatic rings. The van der Waals surface area contributed by atoms with E-state index in [9.17, 15) is 4.39 Å². The van der Waals surface area contributed by atoms with Crippen LogP contribution in [0.25, 0.3) is 10.9 Å². The molecule has 0 bridgehead atoms. The summed E-state index contributed by atoms with van der Waals surface area (Å²) in [6.45, 7) is 0. The topological polar surface area (TPSA) is 34.2 Å². The van der Waals surface area contributed by atoms with Gasteiger partial charge in [0.25, 0.3) is 0 Å². The van der Waals surface area contributed by atoms with Gasteiger partial charge in [0.15, 0.2) is 0 Å². The summed E-state index contributed by atoms with van der Waals surface area (Å²) in [5.74, 6) is 0.213. The first-order valence-corrected chi connectivity index (χ1v) is 7.11. The summed E-state index contributed by atoms with van der Waals surface area (Å²) in [5, 5.41) is 4.05. The highest BCUT2D eigenvalue weighted by atomic mass is 19.1. The molecule has 20 heavy (non-hydrogen) atoms. The molecule has 1 aliphatic carbocycles. The summed E-state index contributed by atoms with van der Waals surface area (Å²) >= 11 is 0. The van der Waals surface area contributed by atoms with Crippen LogP contribution in [-0.2, 0) is 12.8 Å². The molecule has 1 aromatic heterocycles. The molecule has 3 nitrogen and oxygen atoms in total. The number of methoxy groups -OCH3 is 1. The highest BCUT2D eigenvalue weighted by Crippen LogP contribution is 2.36. The number of hydrogen-bond donors (Lipinski definition) is 1. The van der Waals surface area contributed by atoms with Crippen LogP contribution in [0.4, 0.5) is 10.1 Å². The molecular formula is C16H19FN2O. The zero-order valence-corrected chi connectivity index (χ0v) is 11.9. The van der Waals surface area contributed by atoms with Crippen molar-refractivity contribution >= 4 is 16.6 Å². The largest absolute Gasteiger partial charge is 0.494 e. The lowest BCUT2D eigenvalue weighted by molar-refractivity contribution is 0.415. The van der Waals surface area contributed by atoms with Crippen molar-refractivity contribution in [1.82, 2.24) is 4.98 Å². The Morgan fingerprint density at radius 2 is 2.00 bits per heavy atom. The first kappa shape index (κ1) is 13.2. The van der Waals surface area contributed by atoms with Gasteiger partial charge in [0.2, 0.25) is 0 Å². The Morgan fingerprint density at radius 3 is 2.75 bits per heavy atom. The molecule has 0 radical (unpaired) electrons. The first-order valence-electron chi connectivity index (χ1n) is 7.11. The maximum atomic E-state index is 13.8. The average Bonchev–Trinajstić information content (AvgIpc) is 2.69. The van der Waals surface area contributed by atoms with Crippen molar-refractivity contribution in [2.75, 3.05) is 19.5 Å². The number of pyridine rings is 1. The zero-order chi connectivity index (χ0) is 14.1. The standard InChI is InChI=1S/C16H19FN2O/c1-18-15-11-6-4-3-5-7-13(11)19-16-12(15)8-10(17)9-14(16)20-2/h8-9H,3-7H2,1-2H3,(H,18,19). The second-order valence-corrected chi connectivity index (χ2v) is 5.23. The molecule has 0 atom stereocenters. The fraction of sp³-hybridized carbons (Fsp3) is 0.438. The number of anilines is 1. The van der Waals surface area contributed by atoms with Crippen LogP contribution in [0.15, 0.2) is 12.1 Å². The Balaban J connectivity index is 2.35. The van der Waals surface area contributed by atoms with Gasteiger partial charge >= 0.3 is 0 Å². The lowest BCUT2D eigenvalue weighted by Gasteiger charge is -2.16. The number of ether oxygens (including phenoxy) is 1. The van der Waals surface area contributed by atoms with Crippen molar-refractivity contribution in [3.05, 3.63) is 29.2 Å². The SMILES string of the molecule is CNc1c2c(nc3c(OC)cc(F)cc13)CCCCC2. The van der Waals surface area contributed by atoms with E-state index in [-0.39, 0.29) is 5.82 Å². The Kier molecular flexibility index (Phi) is 3.47.